The minimum atomic E-state index is -5.05. The van der Waals surface area contributed by atoms with Crippen molar-refractivity contribution in [2.45, 2.75) is 209 Å². The van der Waals surface area contributed by atoms with Crippen molar-refractivity contribution in [3.8, 4) is 6.07 Å². The van der Waals surface area contributed by atoms with Gasteiger partial charge in [0.25, 0.3) is 0 Å². The van der Waals surface area contributed by atoms with Gasteiger partial charge in [-0.2, -0.15) is 24.5 Å². The van der Waals surface area contributed by atoms with Crippen LogP contribution in [0.1, 0.15) is 151 Å². The number of nitrogens with one attached hydrogen (secondary N) is 3. The first-order valence-corrected chi connectivity index (χ1v) is 32.6. The van der Waals surface area contributed by atoms with Gasteiger partial charge in [0.05, 0.1) is 66.3 Å². The van der Waals surface area contributed by atoms with Crippen molar-refractivity contribution >= 4 is 63.0 Å². The predicted octanol–water partition coefficient (Wildman–Crippen LogP) is -0.673. The Morgan fingerprint density at radius 1 is 0.795 bits per heavy atom. The van der Waals surface area contributed by atoms with E-state index in [0.717, 1.165) is 25.7 Å². The minimum Gasteiger partial charge on any atom is -0.748 e. The fourth-order valence-corrected chi connectivity index (χ4v) is 20.1. The summed E-state index contributed by atoms with van der Waals surface area (Å²) in [5, 5.41) is 29.1. The molecule has 1 aromatic rings. The van der Waals surface area contributed by atoms with Crippen molar-refractivity contribution in [3.05, 3.63) is 11.3 Å². The molecule has 14 atom stereocenters. The maximum Gasteiger partial charge on any atom is 1.00 e. The third kappa shape index (κ3) is 14.7. The molecule has 0 aromatic carbocycles. The molecule has 0 radical (unpaired) electrons. The SMILES string of the molecule is CC1CC(C)C(NC2NC(N(C3C(C)CC(C)CC3C)S(C)(=O)=O)CC(C)C2N=Nc2c(C#N)c(C(C)(C)C)nn2C2=NC3CCC(S(=O)(=O)NC4CC(S(=O)(=O)[O-])CCC4S(=O)(=O)[O-])CC3S2)C(C)C1.[K+].[Na+]. The third-order valence-corrected chi connectivity index (χ3v) is 23.5. The first-order chi connectivity index (χ1) is 32.8. The number of nitriles is 1. The number of thioether (sulfide) groups is 1. The van der Waals surface area contributed by atoms with Crippen molar-refractivity contribution in [2.24, 2.45) is 56.6 Å². The summed E-state index contributed by atoms with van der Waals surface area (Å²) in [4.78, 5) is 5.01. The summed E-state index contributed by atoms with van der Waals surface area (Å²) in [6, 6.07) is -0.209. The monoisotopic (exact) mass is 1150 g/mol. The molecular weight excluding hydrogens is 1070 g/mol. The minimum absolute atomic E-state index is 0. The Morgan fingerprint density at radius 3 is 1.90 bits per heavy atom. The van der Waals surface area contributed by atoms with Crippen molar-refractivity contribution in [2.75, 3.05) is 6.26 Å². The molecule has 7 rings (SSSR count). The van der Waals surface area contributed by atoms with Crippen LogP contribution in [0.5, 0.6) is 0 Å². The van der Waals surface area contributed by atoms with Gasteiger partial charge in [-0.25, -0.2) is 38.4 Å². The number of nitrogens with zero attached hydrogens (tertiary/aromatic N) is 7. The second kappa shape index (κ2) is 24.7. The molecule has 20 nitrogen and oxygen atoms in total. The second-order valence-corrected chi connectivity index (χ2v) is 31.9. The van der Waals surface area contributed by atoms with Gasteiger partial charge in [0.15, 0.2) is 11.0 Å². The summed E-state index contributed by atoms with van der Waals surface area (Å²) >= 11 is 1.28. The average Bonchev–Trinajstić information content (AvgIpc) is 3.83. The van der Waals surface area contributed by atoms with Crippen LogP contribution in [-0.4, -0.2) is 132 Å². The zero-order chi connectivity index (χ0) is 52.5. The molecule has 4 aliphatic carbocycles. The molecule has 402 valence electrons. The number of aliphatic imine (C=N–C) groups is 1. The fraction of sp³-hybridized carbons (Fsp3) is 0.891. The maximum absolute atomic E-state index is 14.0. The molecule has 0 amide bonds. The third-order valence-electron chi connectivity index (χ3n) is 16.4. The number of sulfonamides is 2. The zero-order valence-electron chi connectivity index (χ0n) is 44.9. The van der Waals surface area contributed by atoms with Gasteiger partial charge in [0.2, 0.25) is 20.0 Å². The number of azo groups is 1. The van der Waals surface area contributed by atoms with Gasteiger partial charge in [0, 0.05) is 28.8 Å². The number of piperidine rings is 1. The molecule has 3 N–H and O–H groups in total. The molecular formula is C46H76KN10NaO10S5. The average molecular weight is 1150 g/mol. The first kappa shape index (κ1) is 64.3. The van der Waals surface area contributed by atoms with Crippen molar-refractivity contribution in [3.63, 3.8) is 0 Å². The Hall–Kier alpha value is 0.516. The van der Waals surface area contributed by atoms with E-state index in [9.17, 15) is 48.0 Å². The molecule has 2 aliphatic heterocycles. The Kier molecular flexibility index (Phi) is 21.8. The second-order valence-electron chi connectivity index (χ2n) is 23.5. The topological polar surface area (TPSA) is 301 Å². The number of aromatic nitrogens is 2. The standard InChI is InChI=1S/C46H78N10O10S5.K.Na/c1-24-16-26(3)39(27(4)17-24)50-43-40(28(5)20-38(49-43)56(68(11,57)58)41-29(6)18-25(2)19-30(41)7)51-52-44-33(23-47)42(46(8,9)10)53-55(44)45-48-34-14-12-31(22-36(34)67-45)69(59,60)54-35-21-32(70(61,62)63)13-15-37(35)71(64,65)66;;/h24-32,34-41,43,49-50,54H,12-22H2,1-11H3,(H,61,62,63)(H,64,65,66);;/q;2*+1/p-2. The smallest absolute Gasteiger partial charge is 0.748 e. The number of rotatable bonds is 12. The van der Waals surface area contributed by atoms with Gasteiger partial charge in [0.1, 0.15) is 17.7 Å². The van der Waals surface area contributed by atoms with E-state index < -0.39 is 104 Å². The van der Waals surface area contributed by atoms with Crippen LogP contribution in [0.3, 0.4) is 0 Å². The molecule has 3 heterocycles. The molecule has 6 aliphatic rings. The largest absolute Gasteiger partial charge is 1.00 e. The number of fused-ring (bicyclic) bond motifs is 1. The molecule has 0 bridgehead atoms. The predicted molar refractivity (Wildman–Crippen MR) is 272 cm³/mol. The van der Waals surface area contributed by atoms with Gasteiger partial charge >= 0.3 is 80.9 Å². The quantitative estimate of drug-likeness (QED) is 0.133. The van der Waals surface area contributed by atoms with E-state index in [1.54, 1.807) is 4.31 Å². The van der Waals surface area contributed by atoms with E-state index in [1.807, 2.05) is 20.8 Å². The van der Waals surface area contributed by atoms with Crippen LogP contribution in [0, 0.1) is 52.8 Å². The normalized spacial score (nSPS) is 38.0. The van der Waals surface area contributed by atoms with Crippen molar-refractivity contribution in [1.29, 1.82) is 5.26 Å². The molecule has 4 saturated carbocycles. The van der Waals surface area contributed by atoms with Gasteiger partial charge < -0.3 is 9.11 Å². The van der Waals surface area contributed by atoms with E-state index in [0.29, 0.717) is 47.4 Å². The number of hydrogen-bond acceptors (Lipinski definition) is 18. The van der Waals surface area contributed by atoms with E-state index >= 15 is 0 Å². The molecule has 14 unspecified atom stereocenters. The van der Waals surface area contributed by atoms with E-state index in [-0.39, 0.29) is 147 Å². The summed E-state index contributed by atoms with van der Waals surface area (Å²) in [5.41, 5.74) is 0.0451. The van der Waals surface area contributed by atoms with Gasteiger partial charge in [-0.3, -0.25) is 15.6 Å². The summed E-state index contributed by atoms with van der Waals surface area (Å²) in [5.74, 6) is 2.00. The van der Waals surface area contributed by atoms with E-state index in [1.165, 1.54) is 22.7 Å². The molecule has 27 heteroatoms. The van der Waals surface area contributed by atoms with Crippen LogP contribution < -0.4 is 96.3 Å². The zero-order valence-corrected chi connectivity index (χ0v) is 54.1. The molecule has 5 fully saturated rings. The maximum atomic E-state index is 14.0. The summed E-state index contributed by atoms with van der Waals surface area (Å²) in [6.07, 6.45) is 3.73. The molecule has 0 spiro atoms. The van der Waals surface area contributed by atoms with Crippen LogP contribution >= 0.6 is 11.8 Å². The van der Waals surface area contributed by atoms with Gasteiger partial charge in [-0.15, -0.1) is 5.11 Å². The number of hydrogen-bond donors (Lipinski definition) is 3. The molecule has 1 saturated heterocycles. The van der Waals surface area contributed by atoms with Gasteiger partial charge in [-0.1, -0.05) is 81.0 Å². The van der Waals surface area contributed by atoms with E-state index in [2.05, 4.69) is 69.9 Å². The summed E-state index contributed by atoms with van der Waals surface area (Å²) < 4.78 is 134. The Morgan fingerprint density at radius 2 is 1.37 bits per heavy atom. The Balaban J connectivity index is 0.00000494. The van der Waals surface area contributed by atoms with E-state index in [4.69, 9.17) is 20.3 Å². The van der Waals surface area contributed by atoms with Crippen LogP contribution in [0.25, 0.3) is 0 Å². The first-order valence-electron chi connectivity index (χ1n) is 25.4. The summed E-state index contributed by atoms with van der Waals surface area (Å²) in [7, 11) is -18.0. The van der Waals surface area contributed by atoms with Crippen molar-refractivity contribution in [1.82, 2.24) is 29.4 Å². The van der Waals surface area contributed by atoms with Crippen LogP contribution in [0.2, 0.25) is 0 Å². The summed E-state index contributed by atoms with van der Waals surface area (Å²) in [6.45, 7) is 21.2. The van der Waals surface area contributed by atoms with Crippen LogP contribution in [-0.2, 0) is 45.7 Å². The fourth-order valence-electron chi connectivity index (χ4n) is 13.4. The Bertz CT molecular complexity index is 2680. The van der Waals surface area contributed by atoms with Crippen LogP contribution in [0.15, 0.2) is 15.2 Å². The molecule has 73 heavy (non-hydrogen) atoms. The Labute approximate surface area is 504 Å². The van der Waals surface area contributed by atoms with Crippen LogP contribution in [0.4, 0.5) is 5.82 Å². The van der Waals surface area contributed by atoms with Crippen molar-refractivity contribution < 1.29 is 124 Å². The molecule has 1 aromatic heterocycles. The van der Waals surface area contributed by atoms with Gasteiger partial charge in [-0.05, 0) is 112 Å².